The summed E-state index contributed by atoms with van der Waals surface area (Å²) < 4.78 is 0. The summed E-state index contributed by atoms with van der Waals surface area (Å²) in [5.74, 6) is -0.372. The Bertz CT molecular complexity index is 449. The highest BCUT2D eigenvalue weighted by atomic mass is 16.4. The van der Waals surface area contributed by atoms with Gasteiger partial charge in [-0.2, -0.15) is 0 Å². The zero-order chi connectivity index (χ0) is 17.4. The number of rotatable bonds is 8. The molecule has 2 saturated heterocycles. The second kappa shape index (κ2) is 9.61. The summed E-state index contributed by atoms with van der Waals surface area (Å²) in [7, 11) is 0. The molecule has 1 atom stereocenters. The van der Waals surface area contributed by atoms with Crippen molar-refractivity contribution in [3.8, 4) is 0 Å². The summed E-state index contributed by atoms with van der Waals surface area (Å²) in [5, 5.41) is 14.5. The standard InChI is InChI=1S/C17H29N3O4/c21-15(19-10-7-16(22)23)12-20-11-1-2-14(17(20)24)4-3-13-5-8-18-9-6-13/h13-14,18H,1-12H2,(H,19,21)(H,22,23)/t14-/m0/s1. The molecule has 2 heterocycles. The van der Waals surface area contributed by atoms with Crippen LogP contribution in [0, 0.1) is 11.8 Å². The number of hydrogen-bond donors (Lipinski definition) is 3. The van der Waals surface area contributed by atoms with E-state index in [4.69, 9.17) is 5.11 Å². The number of likely N-dealkylation sites (tertiary alicyclic amines) is 1. The minimum Gasteiger partial charge on any atom is -0.481 e. The van der Waals surface area contributed by atoms with E-state index in [0.29, 0.717) is 12.5 Å². The summed E-state index contributed by atoms with van der Waals surface area (Å²) in [4.78, 5) is 36.5. The minimum atomic E-state index is -0.942. The first-order valence-corrected chi connectivity index (χ1v) is 9.04. The fraction of sp³-hybridized carbons (Fsp3) is 0.824. The first kappa shape index (κ1) is 18.7. The van der Waals surface area contributed by atoms with E-state index in [1.807, 2.05) is 0 Å². The lowest BCUT2D eigenvalue weighted by molar-refractivity contribution is -0.142. The summed E-state index contributed by atoms with van der Waals surface area (Å²) in [6.07, 6.45) is 6.15. The molecule has 0 aliphatic carbocycles. The average molecular weight is 339 g/mol. The maximum Gasteiger partial charge on any atom is 0.305 e. The fourth-order valence-corrected chi connectivity index (χ4v) is 3.59. The number of carbonyl (C=O) groups is 3. The Morgan fingerprint density at radius 3 is 2.67 bits per heavy atom. The highest BCUT2D eigenvalue weighted by Crippen LogP contribution is 2.27. The van der Waals surface area contributed by atoms with Gasteiger partial charge in [0.25, 0.3) is 0 Å². The molecule has 2 aliphatic heterocycles. The molecule has 2 fully saturated rings. The van der Waals surface area contributed by atoms with Gasteiger partial charge in [-0.05, 0) is 57.5 Å². The van der Waals surface area contributed by atoms with Crippen molar-refractivity contribution in [1.82, 2.24) is 15.5 Å². The van der Waals surface area contributed by atoms with E-state index in [9.17, 15) is 14.4 Å². The van der Waals surface area contributed by atoms with Gasteiger partial charge in [0.15, 0.2) is 0 Å². The van der Waals surface area contributed by atoms with Crippen LogP contribution < -0.4 is 10.6 Å². The third-order valence-corrected chi connectivity index (χ3v) is 5.02. The van der Waals surface area contributed by atoms with E-state index in [1.54, 1.807) is 4.90 Å². The van der Waals surface area contributed by atoms with Crippen molar-refractivity contribution < 1.29 is 19.5 Å². The number of carboxylic acids is 1. The van der Waals surface area contributed by atoms with Gasteiger partial charge in [-0.25, -0.2) is 0 Å². The van der Waals surface area contributed by atoms with E-state index in [1.165, 1.54) is 12.8 Å². The van der Waals surface area contributed by atoms with Gasteiger partial charge in [0, 0.05) is 19.0 Å². The third kappa shape index (κ3) is 6.11. The molecule has 7 nitrogen and oxygen atoms in total. The van der Waals surface area contributed by atoms with Crippen molar-refractivity contribution in [3.63, 3.8) is 0 Å². The number of nitrogens with one attached hydrogen (secondary N) is 2. The van der Waals surface area contributed by atoms with Gasteiger partial charge in [0.2, 0.25) is 11.8 Å². The second-order valence-corrected chi connectivity index (χ2v) is 6.86. The minimum absolute atomic E-state index is 0.0421. The number of aliphatic carboxylic acids is 1. The Hall–Kier alpha value is -1.63. The Morgan fingerprint density at radius 1 is 1.21 bits per heavy atom. The molecule has 24 heavy (non-hydrogen) atoms. The highest BCUT2D eigenvalue weighted by Gasteiger charge is 2.30. The summed E-state index contributed by atoms with van der Waals surface area (Å²) in [6.45, 7) is 2.92. The number of piperidine rings is 2. The van der Waals surface area contributed by atoms with Crippen LogP contribution >= 0.6 is 0 Å². The van der Waals surface area contributed by atoms with Gasteiger partial charge in [-0.1, -0.05) is 0 Å². The van der Waals surface area contributed by atoms with Crippen LogP contribution in [-0.2, 0) is 14.4 Å². The predicted molar refractivity (Wildman–Crippen MR) is 89.4 cm³/mol. The number of amides is 2. The first-order chi connectivity index (χ1) is 11.6. The Labute approximate surface area is 143 Å². The summed E-state index contributed by atoms with van der Waals surface area (Å²) in [6, 6.07) is 0. The molecule has 0 saturated carbocycles. The lowest BCUT2D eigenvalue weighted by atomic mass is 9.86. The molecule has 0 aromatic rings. The van der Waals surface area contributed by atoms with Gasteiger partial charge in [0.05, 0.1) is 13.0 Å². The van der Waals surface area contributed by atoms with E-state index in [0.717, 1.165) is 38.8 Å². The monoisotopic (exact) mass is 339 g/mol. The van der Waals surface area contributed by atoms with Crippen LogP contribution in [0.15, 0.2) is 0 Å². The van der Waals surface area contributed by atoms with Crippen molar-refractivity contribution in [2.24, 2.45) is 11.8 Å². The SMILES string of the molecule is O=C(O)CCNC(=O)CN1CCC[C@@H](CCC2CCNCC2)C1=O. The van der Waals surface area contributed by atoms with Crippen LogP contribution in [0.25, 0.3) is 0 Å². The lowest BCUT2D eigenvalue weighted by Gasteiger charge is -2.33. The van der Waals surface area contributed by atoms with Crippen LogP contribution in [0.1, 0.15) is 44.9 Å². The van der Waals surface area contributed by atoms with Crippen molar-refractivity contribution in [3.05, 3.63) is 0 Å². The van der Waals surface area contributed by atoms with Crippen LogP contribution in [0.3, 0.4) is 0 Å². The third-order valence-electron chi connectivity index (χ3n) is 5.02. The van der Waals surface area contributed by atoms with Crippen LogP contribution in [-0.4, -0.2) is 60.5 Å². The molecule has 0 aromatic carbocycles. The Kier molecular flexibility index (Phi) is 7.49. The average Bonchev–Trinajstić information content (AvgIpc) is 2.56. The molecular formula is C17H29N3O4. The molecule has 0 spiro atoms. The number of carbonyl (C=O) groups excluding carboxylic acids is 2. The molecule has 3 N–H and O–H groups in total. The fourth-order valence-electron chi connectivity index (χ4n) is 3.59. The number of hydrogen-bond acceptors (Lipinski definition) is 4. The van der Waals surface area contributed by atoms with Crippen LogP contribution in [0.5, 0.6) is 0 Å². The van der Waals surface area contributed by atoms with E-state index in [-0.39, 0.29) is 37.2 Å². The first-order valence-electron chi connectivity index (χ1n) is 9.04. The van der Waals surface area contributed by atoms with Gasteiger partial charge in [-0.3, -0.25) is 14.4 Å². The molecule has 0 bridgehead atoms. The van der Waals surface area contributed by atoms with Gasteiger partial charge < -0.3 is 20.6 Å². The van der Waals surface area contributed by atoms with Gasteiger partial charge in [-0.15, -0.1) is 0 Å². The zero-order valence-corrected chi connectivity index (χ0v) is 14.3. The Balaban J connectivity index is 1.72. The predicted octanol–water partition coefficient (Wildman–Crippen LogP) is 0.596. The smallest absolute Gasteiger partial charge is 0.305 e. The number of nitrogens with zero attached hydrogens (tertiary/aromatic N) is 1. The molecule has 7 heteroatoms. The van der Waals surface area contributed by atoms with E-state index < -0.39 is 5.97 Å². The topological polar surface area (TPSA) is 98.7 Å². The van der Waals surface area contributed by atoms with Crippen molar-refractivity contribution >= 4 is 17.8 Å². The molecule has 0 radical (unpaired) electrons. The molecule has 2 aliphatic rings. The van der Waals surface area contributed by atoms with Gasteiger partial charge >= 0.3 is 5.97 Å². The van der Waals surface area contributed by atoms with Crippen molar-refractivity contribution in [2.75, 3.05) is 32.7 Å². The second-order valence-electron chi connectivity index (χ2n) is 6.86. The van der Waals surface area contributed by atoms with E-state index >= 15 is 0 Å². The molecule has 0 unspecified atom stereocenters. The summed E-state index contributed by atoms with van der Waals surface area (Å²) >= 11 is 0. The largest absolute Gasteiger partial charge is 0.481 e. The Morgan fingerprint density at radius 2 is 1.96 bits per heavy atom. The molecule has 2 amide bonds. The van der Waals surface area contributed by atoms with E-state index in [2.05, 4.69) is 10.6 Å². The molecule has 2 rings (SSSR count). The quantitative estimate of drug-likeness (QED) is 0.601. The van der Waals surface area contributed by atoms with Crippen LogP contribution in [0.4, 0.5) is 0 Å². The van der Waals surface area contributed by atoms with Crippen LogP contribution in [0.2, 0.25) is 0 Å². The van der Waals surface area contributed by atoms with Gasteiger partial charge in [0.1, 0.15) is 0 Å². The maximum absolute atomic E-state index is 12.6. The molecule has 136 valence electrons. The van der Waals surface area contributed by atoms with Crippen molar-refractivity contribution in [2.45, 2.75) is 44.9 Å². The maximum atomic E-state index is 12.6. The number of carboxylic acid groups (broad SMARTS) is 1. The normalized spacial score (nSPS) is 22.4. The van der Waals surface area contributed by atoms with Crippen molar-refractivity contribution in [1.29, 1.82) is 0 Å². The molecule has 0 aromatic heterocycles. The summed E-state index contributed by atoms with van der Waals surface area (Å²) in [5.41, 5.74) is 0. The lowest BCUT2D eigenvalue weighted by Crippen LogP contribution is -2.46. The highest BCUT2D eigenvalue weighted by molar-refractivity contribution is 5.86. The molecular weight excluding hydrogens is 310 g/mol. The zero-order valence-electron chi connectivity index (χ0n) is 14.3.